The first-order valence-electron chi connectivity index (χ1n) is 6.60. The number of thioether (sulfide) groups is 1. The average Bonchev–Trinajstić information content (AvgIpc) is 2.89. The van der Waals surface area contributed by atoms with Gasteiger partial charge in [0.15, 0.2) is 5.17 Å². The molecule has 0 bridgehead atoms. The van der Waals surface area contributed by atoms with Crippen molar-refractivity contribution in [2.75, 3.05) is 11.9 Å². The van der Waals surface area contributed by atoms with E-state index < -0.39 is 0 Å². The number of benzene rings is 2. The molecule has 3 rings (SSSR count). The molecule has 0 radical (unpaired) electrons. The molecule has 0 aliphatic carbocycles. The quantitative estimate of drug-likeness (QED) is 0.790. The third-order valence-electron chi connectivity index (χ3n) is 3.14. The van der Waals surface area contributed by atoms with Crippen LogP contribution in [0.4, 0.5) is 5.69 Å². The van der Waals surface area contributed by atoms with E-state index in [0.29, 0.717) is 10.1 Å². The molecule has 4 heteroatoms. The second-order valence-electron chi connectivity index (χ2n) is 4.62. The van der Waals surface area contributed by atoms with Crippen molar-refractivity contribution in [3.8, 4) is 0 Å². The van der Waals surface area contributed by atoms with Crippen LogP contribution >= 0.6 is 11.8 Å². The van der Waals surface area contributed by atoms with Crippen LogP contribution in [0.2, 0.25) is 0 Å². The van der Waals surface area contributed by atoms with Crippen LogP contribution in [-0.4, -0.2) is 18.1 Å². The SMILES string of the molecule is CN(C1=NC(=O)/C(=C\c2ccccc2)S1)c1ccccc1. The van der Waals surface area contributed by atoms with E-state index in [4.69, 9.17) is 0 Å². The molecule has 2 aromatic carbocycles. The first kappa shape index (κ1) is 13.6. The number of nitrogens with zero attached hydrogens (tertiary/aromatic N) is 2. The van der Waals surface area contributed by atoms with E-state index >= 15 is 0 Å². The van der Waals surface area contributed by atoms with E-state index in [9.17, 15) is 4.79 Å². The number of hydrogen-bond donors (Lipinski definition) is 0. The van der Waals surface area contributed by atoms with Crippen molar-refractivity contribution in [3.05, 3.63) is 71.1 Å². The monoisotopic (exact) mass is 294 g/mol. The summed E-state index contributed by atoms with van der Waals surface area (Å²) in [5, 5.41) is 0.702. The van der Waals surface area contributed by atoms with Gasteiger partial charge in [0.05, 0.1) is 4.91 Å². The minimum Gasteiger partial charge on any atom is -0.324 e. The highest BCUT2D eigenvalue weighted by Crippen LogP contribution is 2.31. The molecule has 104 valence electrons. The fraction of sp³-hybridized carbons (Fsp3) is 0.0588. The number of amidine groups is 1. The standard InChI is InChI=1S/C17H14N2OS/c1-19(14-10-6-3-7-11-14)17-18-16(20)15(21-17)12-13-8-4-2-5-9-13/h2-12H,1H3/b15-12+. The van der Waals surface area contributed by atoms with Crippen molar-refractivity contribution in [2.24, 2.45) is 4.99 Å². The van der Waals surface area contributed by atoms with Gasteiger partial charge in [0, 0.05) is 12.7 Å². The van der Waals surface area contributed by atoms with Gasteiger partial charge in [-0.3, -0.25) is 4.79 Å². The lowest BCUT2D eigenvalue weighted by atomic mass is 10.2. The molecule has 1 heterocycles. The summed E-state index contributed by atoms with van der Waals surface area (Å²) in [7, 11) is 1.92. The van der Waals surface area contributed by atoms with Gasteiger partial charge < -0.3 is 4.90 Å². The van der Waals surface area contributed by atoms with E-state index in [1.807, 2.05) is 78.7 Å². The predicted octanol–water partition coefficient (Wildman–Crippen LogP) is 3.79. The molecule has 3 nitrogen and oxygen atoms in total. The van der Waals surface area contributed by atoms with Gasteiger partial charge >= 0.3 is 0 Å². The Morgan fingerprint density at radius 3 is 2.29 bits per heavy atom. The van der Waals surface area contributed by atoms with Crippen LogP contribution in [0.15, 0.2) is 70.6 Å². The smallest absolute Gasteiger partial charge is 0.286 e. The number of para-hydroxylation sites is 1. The largest absolute Gasteiger partial charge is 0.324 e. The van der Waals surface area contributed by atoms with Crippen LogP contribution in [0.5, 0.6) is 0 Å². The van der Waals surface area contributed by atoms with Gasteiger partial charge in [-0.05, 0) is 35.5 Å². The highest BCUT2D eigenvalue weighted by atomic mass is 32.2. The van der Waals surface area contributed by atoms with Crippen molar-refractivity contribution < 1.29 is 4.79 Å². The number of aliphatic imine (C=N–C) groups is 1. The number of carbonyl (C=O) groups is 1. The zero-order valence-electron chi connectivity index (χ0n) is 11.6. The van der Waals surface area contributed by atoms with Gasteiger partial charge in [-0.1, -0.05) is 48.5 Å². The zero-order chi connectivity index (χ0) is 14.7. The maximum absolute atomic E-state index is 12.0. The van der Waals surface area contributed by atoms with Crippen molar-refractivity contribution in [2.45, 2.75) is 0 Å². The van der Waals surface area contributed by atoms with E-state index in [0.717, 1.165) is 11.3 Å². The number of carbonyl (C=O) groups excluding carboxylic acids is 1. The number of rotatable bonds is 2. The molecule has 0 saturated heterocycles. The summed E-state index contributed by atoms with van der Waals surface area (Å²) in [5.74, 6) is -0.179. The lowest BCUT2D eigenvalue weighted by Gasteiger charge is -2.17. The van der Waals surface area contributed by atoms with Crippen LogP contribution in [0.3, 0.4) is 0 Å². The molecule has 0 spiro atoms. The van der Waals surface area contributed by atoms with Gasteiger partial charge in [-0.2, -0.15) is 4.99 Å². The number of anilines is 1. The Morgan fingerprint density at radius 1 is 1.00 bits per heavy atom. The average molecular weight is 294 g/mol. The van der Waals surface area contributed by atoms with Crippen molar-refractivity contribution in [3.63, 3.8) is 0 Å². The number of hydrogen-bond acceptors (Lipinski definition) is 3. The maximum atomic E-state index is 12.0. The van der Waals surface area contributed by atoms with E-state index in [1.54, 1.807) is 0 Å². The van der Waals surface area contributed by atoms with Gasteiger partial charge in [0.25, 0.3) is 5.91 Å². The molecular formula is C17H14N2OS. The predicted molar refractivity (Wildman–Crippen MR) is 89.3 cm³/mol. The fourth-order valence-corrected chi connectivity index (χ4v) is 2.90. The Balaban J connectivity index is 1.81. The number of amides is 1. The van der Waals surface area contributed by atoms with E-state index in [-0.39, 0.29) is 5.91 Å². The van der Waals surface area contributed by atoms with E-state index in [2.05, 4.69) is 4.99 Å². The Bertz CT molecular complexity index is 708. The van der Waals surface area contributed by atoms with E-state index in [1.165, 1.54) is 11.8 Å². The van der Waals surface area contributed by atoms with Gasteiger partial charge in [-0.25, -0.2) is 0 Å². The van der Waals surface area contributed by atoms with Crippen molar-refractivity contribution in [1.29, 1.82) is 0 Å². The van der Waals surface area contributed by atoms with Gasteiger partial charge in [-0.15, -0.1) is 0 Å². The Labute approximate surface area is 128 Å². The molecule has 0 saturated carbocycles. The van der Waals surface area contributed by atoms with Crippen LogP contribution < -0.4 is 4.90 Å². The summed E-state index contributed by atoms with van der Waals surface area (Å²) in [4.78, 5) is 18.7. The minimum absolute atomic E-state index is 0.179. The molecule has 0 aromatic heterocycles. The molecular weight excluding hydrogens is 280 g/mol. The van der Waals surface area contributed by atoms with Gasteiger partial charge in [0.1, 0.15) is 0 Å². The second kappa shape index (κ2) is 5.97. The molecule has 1 aliphatic rings. The molecule has 0 atom stereocenters. The fourth-order valence-electron chi connectivity index (χ4n) is 2.00. The normalized spacial score (nSPS) is 16.1. The summed E-state index contributed by atoms with van der Waals surface area (Å²) in [6, 6.07) is 19.7. The van der Waals surface area contributed by atoms with Gasteiger partial charge in [0.2, 0.25) is 0 Å². The summed E-state index contributed by atoms with van der Waals surface area (Å²) in [6.07, 6.45) is 1.88. The summed E-state index contributed by atoms with van der Waals surface area (Å²) >= 11 is 1.40. The molecule has 1 aliphatic heterocycles. The summed E-state index contributed by atoms with van der Waals surface area (Å²) < 4.78 is 0. The summed E-state index contributed by atoms with van der Waals surface area (Å²) in [6.45, 7) is 0. The molecule has 0 N–H and O–H groups in total. The highest BCUT2D eigenvalue weighted by Gasteiger charge is 2.24. The molecule has 21 heavy (non-hydrogen) atoms. The molecule has 2 aromatic rings. The topological polar surface area (TPSA) is 32.7 Å². The Morgan fingerprint density at radius 2 is 1.62 bits per heavy atom. The molecule has 0 fully saturated rings. The van der Waals surface area contributed by atoms with Crippen LogP contribution in [-0.2, 0) is 4.79 Å². The third-order valence-corrected chi connectivity index (χ3v) is 4.20. The highest BCUT2D eigenvalue weighted by molar-refractivity contribution is 8.18. The Kier molecular flexibility index (Phi) is 3.88. The molecule has 1 amide bonds. The van der Waals surface area contributed by atoms with Crippen molar-refractivity contribution in [1.82, 2.24) is 0 Å². The molecule has 0 unspecified atom stereocenters. The zero-order valence-corrected chi connectivity index (χ0v) is 12.4. The van der Waals surface area contributed by atoms with Crippen LogP contribution in [0, 0.1) is 0 Å². The first-order valence-corrected chi connectivity index (χ1v) is 7.42. The lowest BCUT2D eigenvalue weighted by molar-refractivity contribution is -0.113. The maximum Gasteiger partial charge on any atom is 0.286 e. The van der Waals surface area contributed by atoms with Crippen LogP contribution in [0.1, 0.15) is 5.56 Å². The Hall–Kier alpha value is -2.33. The van der Waals surface area contributed by atoms with Crippen molar-refractivity contribution >= 4 is 34.6 Å². The summed E-state index contributed by atoms with van der Waals surface area (Å²) in [5.41, 5.74) is 2.02. The van der Waals surface area contributed by atoms with Crippen LogP contribution in [0.25, 0.3) is 6.08 Å². The third kappa shape index (κ3) is 3.06. The first-order chi connectivity index (χ1) is 10.2. The second-order valence-corrected chi connectivity index (χ2v) is 5.62. The lowest BCUT2D eigenvalue weighted by Crippen LogP contribution is -2.21. The minimum atomic E-state index is -0.179.